The van der Waals surface area contributed by atoms with Crippen LogP contribution in [0, 0.1) is 6.92 Å². The van der Waals surface area contributed by atoms with E-state index >= 15 is 0 Å². The molecule has 0 spiro atoms. The minimum absolute atomic E-state index is 0.378. The maximum Gasteiger partial charge on any atom is 0.324 e. The Bertz CT molecular complexity index is 706. The summed E-state index contributed by atoms with van der Waals surface area (Å²) in [6, 6.07) is 13.7. The number of ether oxygens (including phenoxy) is 1. The maximum atomic E-state index is 13.8. The van der Waals surface area contributed by atoms with Crippen LogP contribution >= 0.6 is 35.1 Å². The van der Waals surface area contributed by atoms with Gasteiger partial charge in [-0.05, 0) is 30.7 Å². The highest BCUT2D eigenvalue weighted by Gasteiger charge is 2.32. The lowest BCUT2D eigenvalue weighted by Gasteiger charge is -2.25. The first-order chi connectivity index (χ1) is 10.8. The molecule has 0 heterocycles. The molecule has 7 heteroatoms. The topological polar surface area (TPSA) is 29.5 Å². The molecule has 0 saturated heterocycles. The van der Waals surface area contributed by atoms with Crippen LogP contribution in [0.1, 0.15) is 15.9 Å². The molecule has 3 nitrogen and oxygen atoms in total. The van der Waals surface area contributed by atoms with Gasteiger partial charge in [0.2, 0.25) is 0 Å². The number of amides is 1. The molecule has 2 rings (SSSR count). The van der Waals surface area contributed by atoms with Gasteiger partial charge in [-0.15, -0.1) is 0 Å². The Morgan fingerprint density at radius 1 is 1.22 bits per heavy atom. The molecule has 0 N–H and O–H groups in total. The van der Waals surface area contributed by atoms with Crippen LogP contribution in [-0.4, -0.2) is 16.9 Å². The van der Waals surface area contributed by atoms with Gasteiger partial charge < -0.3 is 4.74 Å². The fourth-order valence-corrected chi connectivity index (χ4v) is 3.00. The number of rotatable bonds is 5. The van der Waals surface area contributed by atoms with E-state index in [1.807, 2.05) is 6.07 Å². The third-order valence-electron chi connectivity index (χ3n) is 3.04. The molecule has 122 valence electrons. The van der Waals surface area contributed by atoms with Crippen molar-refractivity contribution in [2.45, 2.75) is 10.8 Å². The SMILES string of the molecule is COc1cccc(N(SC(F)(Cl)Cl)C(=O)c2ccccc2C)c1. The Balaban J connectivity index is 2.45. The number of methoxy groups -OCH3 is 1. The molecule has 23 heavy (non-hydrogen) atoms. The number of hydrogen-bond donors (Lipinski definition) is 0. The van der Waals surface area contributed by atoms with Crippen LogP contribution in [0.15, 0.2) is 48.5 Å². The number of aryl methyl sites for hydroxylation is 1. The lowest BCUT2D eigenvalue weighted by Crippen LogP contribution is -2.27. The Kier molecular flexibility index (Phi) is 5.79. The minimum atomic E-state index is -2.65. The normalized spacial score (nSPS) is 11.2. The first-order valence-corrected chi connectivity index (χ1v) is 8.15. The monoisotopic (exact) mass is 373 g/mol. The summed E-state index contributed by atoms with van der Waals surface area (Å²) in [5.41, 5.74) is 1.60. The lowest BCUT2D eigenvalue weighted by molar-refractivity contribution is 0.101. The van der Waals surface area contributed by atoms with Crippen molar-refractivity contribution in [1.29, 1.82) is 0 Å². The van der Waals surface area contributed by atoms with Gasteiger partial charge in [0.15, 0.2) is 0 Å². The molecule has 0 aliphatic carbocycles. The quantitative estimate of drug-likeness (QED) is 0.522. The maximum absolute atomic E-state index is 13.8. The third kappa shape index (κ3) is 4.77. The molecule has 0 saturated carbocycles. The zero-order valence-corrected chi connectivity index (χ0v) is 14.8. The molecule has 0 bridgehead atoms. The minimum Gasteiger partial charge on any atom is -0.497 e. The highest BCUT2D eigenvalue weighted by Crippen LogP contribution is 2.42. The largest absolute Gasteiger partial charge is 0.497 e. The van der Waals surface area contributed by atoms with Crippen LogP contribution in [-0.2, 0) is 0 Å². The van der Waals surface area contributed by atoms with E-state index in [4.69, 9.17) is 27.9 Å². The van der Waals surface area contributed by atoms with Gasteiger partial charge in [-0.2, -0.15) is 4.39 Å². The summed E-state index contributed by atoms with van der Waals surface area (Å²) < 4.78 is 17.4. The number of benzene rings is 2. The molecule has 0 aliphatic rings. The first kappa shape index (κ1) is 17.9. The van der Waals surface area contributed by atoms with E-state index < -0.39 is 9.83 Å². The number of anilines is 1. The summed E-state index contributed by atoms with van der Waals surface area (Å²) in [5, 5.41) is 0. The van der Waals surface area contributed by atoms with Gasteiger partial charge >= 0.3 is 3.92 Å². The van der Waals surface area contributed by atoms with Crippen molar-refractivity contribution < 1.29 is 13.9 Å². The Morgan fingerprint density at radius 3 is 2.52 bits per heavy atom. The van der Waals surface area contributed by atoms with Gasteiger partial charge in [-0.3, -0.25) is 4.79 Å². The van der Waals surface area contributed by atoms with Gasteiger partial charge in [0.25, 0.3) is 5.91 Å². The van der Waals surface area contributed by atoms with E-state index in [2.05, 4.69) is 0 Å². The smallest absolute Gasteiger partial charge is 0.324 e. The van der Waals surface area contributed by atoms with Crippen LogP contribution in [0.25, 0.3) is 0 Å². The van der Waals surface area contributed by atoms with Crippen LogP contribution in [0.5, 0.6) is 5.75 Å². The van der Waals surface area contributed by atoms with E-state index in [1.54, 1.807) is 49.4 Å². The average molecular weight is 374 g/mol. The molecule has 0 fully saturated rings. The van der Waals surface area contributed by atoms with Gasteiger partial charge in [-0.1, -0.05) is 47.5 Å². The van der Waals surface area contributed by atoms with Crippen LogP contribution < -0.4 is 9.04 Å². The van der Waals surface area contributed by atoms with Crippen molar-refractivity contribution in [3.8, 4) is 5.75 Å². The summed E-state index contributed by atoms with van der Waals surface area (Å²) in [5.74, 6) is 0.101. The van der Waals surface area contributed by atoms with E-state index in [0.717, 1.165) is 9.87 Å². The first-order valence-electron chi connectivity index (χ1n) is 6.62. The van der Waals surface area contributed by atoms with Crippen molar-refractivity contribution >= 4 is 46.7 Å². The predicted molar refractivity (Wildman–Crippen MR) is 94.1 cm³/mol. The predicted octanol–water partition coefficient (Wildman–Crippen LogP) is 5.36. The number of halogens is 3. The molecule has 2 aromatic rings. The molecule has 0 aliphatic heterocycles. The third-order valence-corrected chi connectivity index (χ3v) is 4.22. The highest BCUT2D eigenvalue weighted by molar-refractivity contribution is 8.05. The van der Waals surface area contributed by atoms with E-state index in [0.29, 0.717) is 28.9 Å². The average Bonchev–Trinajstić information content (AvgIpc) is 2.51. The summed E-state index contributed by atoms with van der Waals surface area (Å²) in [7, 11) is 1.50. The molecule has 0 aromatic heterocycles. The molecule has 1 amide bonds. The highest BCUT2D eigenvalue weighted by atomic mass is 35.5. The zero-order chi connectivity index (χ0) is 17.0. The Hall–Kier alpha value is -1.43. The van der Waals surface area contributed by atoms with Crippen LogP contribution in [0.3, 0.4) is 0 Å². The van der Waals surface area contributed by atoms with E-state index in [1.165, 1.54) is 7.11 Å². The fourth-order valence-electron chi connectivity index (χ4n) is 1.97. The van der Waals surface area contributed by atoms with Crippen molar-refractivity contribution in [3.63, 3.8) is 0 Å². The summed E-state index contributed by atoms with van der Waals surface area (Å²) in [6.07, 6.45) is 0. The van der Waals surface area contributed by atoms with Crippen molar-refractivity contribution in [1.82, 2.24) is 0 Å². The molecule has 0 atom stereocenters. The molecule has 0 radical (unpaired) electrons. The van der Waals surface area contributed by atoms with E-state index in [-0.39, 0.29) is 0 Å². The second-order valence-corrected chi connectivity index (χ2v) is 7.45. The second-order valence-electron chi connectivity index (χ2n) is 4.65. The Labute approximate surface area is 148 Å². The van der Waals surface area contributed by atoms with Crippen molar-refractivity contribution in [2.75, 3.05) is 11.4 Å². The van der Waals surface area contributed by atoms with Crippen molar-refractivity contribution in [2.24, 2.45) is 0 Å². The standard InChI is InChI=1S/C16H14Cl2FNO2S/c1-11-6-3-4-9-14(11)15(21)20(23-16(17,18)19)12-7-5-8-13(10-12)22-2/h3-10H,1-2H3. The zero-order valence-electron chi connectivity index (χ0n) is 12.4. The number of nitrogens with zero attached hydrogens (tertiary/aromatic N) is 1. The summed E-state index contributed by atoms with van der Waals surface area (Å²) >= 11 is 11.3. The van der Waals surface area contributed by atoms with Gasteiger partial charge in [0.1, 0.15) is 5.75 Å². The van der Waals surface area contributed by atoms with Gasteiger partial charge in [0.05, 0.1) is 12.8 Å². The molecular weight excluding hydrogens is 360 g/mol. The lowest BCUT2D eigenvalue weighted by atomic mass is 10.1. The summed E-state index contributed by atoms with van der Waals surface area (Å²) in [4.78, 5) is 12.8. The number of alkyl halides is 3. The number of hydrogen-bond acceptors (Lipinski definition) is 3. The molecule has 2 aromatic carbocycles. The molecule has 0 unspecified atom stereocenters. The van der Waals surface area contributed by atoms with Crippen molar-refractivity contribution in [3.05, 3.63) is 59.7 Å². The second kappa shape index (κ2) is 7.43. The fraction of sp³-hybridized carbons (Fsp3) is 0.188. The molecular formula is C16H14Cl2FNO2S. The number of carbonyl (C=O) groups is 1. The van der Waals surface area contributed by atoms with Gasteiger partial charge in [-0.25, -0.2) is 4.31 Å². The van der Waals surface area contributed by atoms with Crippen LogP contribution in [0.4, 0.5) is 10.1 Å². The summed E-state index contributed by atoms with van der Waals surface area (Å²) in [6.45, 7) is 1.80. The van der Waals surface area contributed by atoms with Crippen LogP contribution in [0.2, 0.25) is 0 Å². The van der Waals surface area contributed by atoms with E-state index in [9.17, 15) is 9.18 Å². The van der Waals surface area contributed by atoms with Gasteiger partial charge in [0, 0.05) is 23.6 Å². The number of carbonyl (C=O) groups excluding carboxylic acids is 1. The Morgan fingerprint density at radius 2 is 1.91 bits per heavy atom.